The lowest BCUT2D eigenvalue weighted by molar-refractivity contribution is -0.137. The summed E-state index contributed by atoms with van der Waals surface area (Å²) >= 11 is 6.00. The van der Waals surface area contributed by atoms with Gasteiger partial charge < -0.3 is 15.7 Å². The van der Waals surface area contributed by atoms with Crippen molar-refractivity contribution in [2.24, 2.45) is 0 Å². The van der Waals surface area contributed by atoms with E-state index >= 15 is 0 Å². The Hall–Kier alpha value is -2.08. The van der Waals surface area contributed by atoms with Crippen LogP contribution < -0.4 is 10.6 Å². The minimum absolute atomic E-state index is 0.0513. The zero-order chi connectivity index (χ0) is 15.8. The summed E-state index contributed by atoms with van der Waals surface area (Å²) in [7, 11) is 0. The molecule has 0 aliphatic carbocycles. The molecule has 1 aromatic carbocycles. The van der Waals surface area contributed by atoms with Gasteiger partial charge in [-0.2, -0.15) is 0 Å². The molecule has 0 saturated heterocycles. The molecule has 114 valence electrons. The number of amides is 2. The van der Waals surface area contributed by atoms with Crippen molar-refractivity contribution in [3.8, 4) is 0 Å². The molecule has 0 atom stereocenters. The van der Waals surface area contributed by atoms with Gasteiger partial charge in [-0.05, 0) is 31.5 Å². The van der Waals surface area contributed by atoms with E-state index in [4.69, 9.17) is 16.7 Å². The van der Waals surface area contributed by atoms with E-state index in [1.165, 1.54) is 12.1 Å². The molecule has 0 aromatic heterocycles. The van der Waals surface area contributed by atoms with E-state index in [0.717, 1.165) is 0 Å². The Morgan fingerprint density at radius 3 is 2.52 bits per heavy atom. The van der Waals surface area contributed by atoms with E-state index < -0.39 is 5.97 Å². The summed E-state index contributed by atoms with van der Waals surface area (Å²) in [6.45, 7) is 2.30. The van der Waals surface area contributed by atoms with Gasteiger partial charge in [-0.3, -0.25) is 14.4 Å². The van der Waals surface area contributed by atoms with Crippen molar-refractivity contribution in [1.82, 2.24) is 5.32 Å². The highest BCUT2D eigenvalue weighted by Crippen LogP contribution is 2.21. The molecule has 1 aromatic rings. The third-order valence-electron chi connectivity index (χ3n) is 2.63. The van der Waals surface area contributed by atoms with Crippen LogP contribution in [-0.2, 0) is 9.59 Å². The van der Waals surface area contributed by atoms with Crippen LogP contribution in [0.3, 0.4) is 0 Å². The van der Waals surface area contributed by atoms with Crippen LogP contribution in [0.2, 0.25) is 5.02 Å². The molecule has 3 N–H and O–H groups in total. The molecular formula is C14H17ClN2O4. The van der Waals surface area contributed by atoms with Crippen LogP contribution in [0, 0.1) is 0 Å². The molecule has 0 fully saturated rings. The molecule has 0 unspecified atom stereocenters. The van der Waals surface area contributed by atoms with E-state index in [1.54, 1.807) is 13.0 Å². The fourth-order valence-electron chi connectivity index (χ4n) is 1.66. The van der Waals surface area contributed by atoms with Gasteiger partial charge in [0.1, 0.15) is 0 Å². The molecule has 21 heavy (non-hydrogen) atoms. The Bertz CT molecular complexity index is 546. The number of benzene rings is 1. The predicted molar refractivity (Wildman–Crippen MR) is 79.6 cm³/mol. The predicted octanol–water partition coefficient (Wildman–Crippen LogP) is 2.28. The van der Waals surface area contributed by atoms with Crippen molar-refractivity contribution in [2.75, 3.05) is 11.9 Å². The number of hydrogen-bond acceptors (Lipinski definition) is 3. The Labute approximate surface area is 127 Å². The first-order valence-electron chi connectivity index (χ1n) is 6.53. The molecule has 0 saturated carbocycles. The molecule has 0 heterocycles. The second-order valence-corrected chi connectivity index (χ2v) is 4.76. The van der Waals surface area contributed by atoms with Crippen LogP contribution in [0.5, 0.6) is 0 Å². The maximum Gasteiger partial charge on any atom is 0.303 e. The van der Waals surface area contributed by atoms with Gasteiger partial charge in [-0.15, -0.1) is 0 Å². The van der Waals surface area contributed by atoms with Crippen molar-refractivity contribution in [3.63, 3.8) is 0 Å². The summed E-state index contributed by atoms with van der Waals surface area (Å²) in [5, 5.41) is 14.0. The summed E-state index contributed by atoms with van der Waals surface area (Å²) in [6, 6.07) is 4.59. The molecule has 2 amide bonds. The number of hydrogen-bond donors (Lipinski definition) is 3. The van der Waals surface area contributed by atoms with E-state index in [0.29, 0.717) is 17.8 Å². The summed E-state index contributed by atoms with van der Waals surface area (Å²) in [5.41, 5.74) is 0.802. The smallest absolute Gasteiger partial charge is 0.303 e. The van der Waals surface area contributed by atoms with Crippen LogP contribution in [0.4, 0.5) is 5.69 Å². The summed E-state index contributed by atoms with van der Waals surface area (Å²) < 4.78 is 0. The van der Waals surface area contributed by atoms with Crippen LogP contribution in [0.15, 0.2) is 18.2 Å². The van der Waals surface area contributed by atoms with Gasteiger partial charge in [-0.25, -0.2) is 0 Å². The van der Waals surface area contributed by atoms with E-state index in [1.807, 2.05) is 0 Å². The number of nitrogens with one attached hydrogen (secondary N) is 2. The van der Waals surface area contributed by atoms with Crippen molar-refractivity contribution >= 4 is 35.1 Å². The summed E-state index contributed by atoms with van der Waals surface area (Å²) in [4.78, 5) is 33.6. The molecule has 0 aliphatic rings. The quantitative estimate of drug-likeness (QED) is 0.719. The lowest BCUT2D eigenvalue weighted by atomic mass is 10.1. The van der Waals surface area contributed by atoms with Crippen LogP contribution in [0.1, 0.15) is 36.5 Å². The van der Waals surface area contributed by atoms with Crippen molar-refractivity contribution in [1.29, 1.82) is 0 Å². The number of rotatable bonds is 7. The van der Waals surface area contributed by atoms with Crippen molar-refractivity contribution in [3.05, 3.63) is 28.8 Å². The highest BCUT2D eigenvalue weighted by atomic mass is 35.5. The minimum Gasteiger partial charge on any atom is -0.481 e. The van der Waals surface area contributed by atoms with Gasteiger partial charge in [-0.1, -0.05) is 11.6 Å². The lowest BCUT2D eigenvalue weighted by Gasteiger charge is -2.08. The normalized spacial score (nSPS) is 10.0. The van der Waals surface area contributed by atoms with Crippen LogP contribution in [0.25, 0.3) is 0 Å². The number of carboxylic acid groups (broad SMARTS) is 1. The maximum atomic E-state index is 11.7. The zero-order valence-corrected chi connectivity index (χ0v) is 12.4. The van der Waals surface area contributed by atoms with Crippen molar-refractivity contribution in [2.45, 2.75) is 26.2 Å². The number of carbonyl (C=O) groups excluding carboxylic acids is 2. The van der Waals surface area contributed by atoms with Gasteiger partial charge in [0, 0.05) is 25.1 Å². The van der Waals surface area contributed by atoms with Gasteiger partial charge in [0.25, 0.3) is 5.91 Å². The monoisotopic (exact) mass is 312 g/mol. The largest absolute Gasteiger partial charge is 0.481 e. The van der Waals surface area contributed by atoms with Crippen LogP contribution in [-0.4, -0.2) is 29.4 Å². The maximum absolute atomic E-state index is 11.7. The zero-order valence-electron chi connectivity index (χ0n) is 11.6. The first-order chi connectivity index (χ1) is 9.93. The second-order valence-electron chi connectivity index (χ2n) is 4.35. The average molecular weight is 313 g/mol. The van der Waals surface area contributed by atoms with Gasteiger partial charge >= 0.3 is 5.97 Å². The molecule has 0 spiro atoms. The van der Waals surface area contributed by atoms with Crippen LogP contribution >= 0.6 is 11.6 Å². The molecule has 0 aliphatic heterocycles. The number of aliphatic carboxylic acids is 1. The number of halogens is 1. The number of anilines is 1. The topological polar surface area (TPSA) is 95.5 Å². The Balaban J connectivity index is 2.61. The lowest BCUT2D eigenvalue weighted by Crippen LogP contribution is -2.23. The molecule has 1 rings (SSSR count). The molecule has 0 radical (unpaired) electrons. The van der Waals surface area contributed by atoms with Gasteiger partial charge in [0.15, 0.2) is 0 Å². The second kappa shape index (κ2) is 8.26. The highest BCUT2D eigenvalue weighted by molar-refractivity contribution is 6.34. The average Bonchev–Trinajstić information content (AvgIpc) is 2.38. The van der Waals surface area contributed by atoms with Crippen molar-refractivity contribution < 1.29 is 19.5 Å². The van der Waals surface area contributed by atoms with E-state index in [2.05, 4.69) is 10.6 Å². The Kier molecular flexibility index (Phi) is 6.68. The van der Waals surface area contributed by atoms with Gasteiger partial charge in [0.2, 0.25) is 5.91 Å². The fraction of sp³-hybridized carbons (Fsp3) is 0.357. The Morgan fingerprint density at radius 2 is 1.95 bits per heavy atom. The molecule has 7 heteroatoms. The number of carbonyl (C=O) groups is 3. The first-order valence-corrected chi connectivity index (χ1v) is 6.91. The first kappa shape index (κ1) is 17.0. The summed E-state index contributed by atoms with van der Waals surface area (Å²) in [5.74, 6) is -1.50. The SMILES string of the molecule is CCNC(=O)c1ccc(NC(=O)CCCC(=O)O)cc1Cl. The highest BCUT2D eigenvalue weighted by Gasteiger charge is 2.11. The third-order valence-corrected chi connectivity index (χ3v) is 2.94. The number of carboxylic acids is 1. The molecule has 0 bridgehead atoms. The molecule has 6 nitrogen and oxygen atoms in total. The van der Waals surface area contributed by atoms with E-state index in [9.17, 15) is 14.4 Å². The minimum atomic E-state index is -0.933. The fourth-order valence-corrected chi connectivity index (χ4v) is 1.92. The third kappa shape index (κ3) is 5.83. The Morgan fingerprint density at radius 1 is 1.24 bits per heavy atom. The van der Waals surface area contributed by atoms with Gasteiger partial charge in [0.05, 0.1) is 10.6 Å². The van der Waals surface area contributed by atoms with E-state index in [-0.39, 0.29) is 36.1 Å². The molecular weight excluding hydrogens is 296 g/mol. The standard InChI is InChI=1S/C14H17ClN2O4/c1-2-16-14(21)10-7-6-9(8-11(10)15)17-12(18)4-3-5-13(19)20/h6-8H,2-5H2,1H3,(H,16,21)(H,17,18)(H,19,20). The summed E-state index contributed by atoms with van der Waals surface area (Å²) in [6.07, 6.45) is 0.332.